The molecule has 6 rings (SSSR count). The lowest BCUT2D eigenvalue weighted by atomic mass is 10.0. The predicted octanol–water partition coefficient (Wildman–Crippen LogP) is 4.91. The van der Waals surface area contributed by atoms with Gasteiger partial charge in [-0.25, -0.2) is 18.7 Å². The van der Waals surface area contributed by atoms with Crippen LogP contribution in [0.3, 0.4) is 0 Å². The van der Waals surface area contributed by atoms with E-state index in [1.165, 1.54) is 5.06 Å². The van der Waals surface area contributed by atoms with Crippen molar-refractivity contribution in [1.82, 2.24) is 19.7 Å². The number of amides is 3. The minimum absolute atomic E-state index is 0.152. The Balaban J connectivity index is 1.21. The van der Waals surface area contributed by atoms with Gasteiger partial charge in [-0.05, 0) is 42.7 Å². The van der Waals surface area contributed by atoms with Gasteiger partial charge in [0.05, 0.1) is 30.5 Å². The number of aryl methyl sites for hydroxylation is 1. The predicted molar refractivity (Wildman–Crippen MR) is 135 cm³/mol. The largest absolute Gasteiger partial charge is 0.346 e. The van der Waals surface area contributed by atoms with Crippen LogP contribution in [0.2, 0.25) is 0 Å². The molecule has 1 aliphatic heterocycles. The average molecular weight is 501 g/mol. The average Bonchev–Trinajstić information content (AvgIpc) is 3.28. The standard InChI is InChI=1S/C27H25FN6O3/c1-16-7-8-18(13-22(16)29-27(36)34-23(11-12-37-34)17-5-3-2-4-6-17)21-9-10-25-30-24(15-33(25)32-21)31-26(35)19-14-20(19)28/h2-10,13,15,19-20,23H,11-12,14H2,1H3,(H,29,36)(H,31,35)/t19-,20+,23+/m1/s1. The van der Waals surface area contributed by atoms with Gasteiger partial charge in [-0.15, -0.1) is 0 Å². The summed E-state index contributed by atoms with van der Waals surface area (Å²) in [7, 11) is 0. The highest BCUT2D eigenvalue weighted by Crippen LogP contribution is 2.35. The molecule has 0 radical (unpaired) electrons. The van der Waals surface area contributed by atoms with Gasteiger partial charge in [0.1, 0.15) is 6.17 Å². The lowest BCUT2D eigenvalue weighted by molar-refractivity contribution is -0.117. The summed E-state index contributed by atoms with van der Waals surface area (Å²) in [5, 5.41) is 11.6. The highest BCUT2D eigenvalue weighted by Gasteiger charge is 2.43. The minimum atomic E-state index is -1.07. The molecular weight excluding hydrogens is 475 g/mol. The summed E-state index contributed by atoms with van der Waals surface area (Å²) in [4.78, 5) is 35.2. The molecule has 10 heteroatoms. The van der Waals surface area contributed by atoms with E-state index in [4.69, 9.17) is 4.84 Å². The monoisotopic (exact) mass is 500 g/mol. The van der Waals surface area contributed by atoms with Crippen molar-refractivity contribution in [2.75, 3.05) is 17.2 Å². The fraction of sp³-hybridized carbons (Fsp3) is 0.259. The Bertz CT molecular complexity index is 1490. The van der Waals surface area contributed by atoms with Crippen molar-refractivity contribution in [2.24, 2.45) is 5.92 Å². The van der Waals surface area contributed by atoms with Gasteiger partial charge in [0.15, 0.2) is 11.5 Å². The van der Waals surface area contributed by atoms with Crippen LogP contribution in [-0.4, -0.2) is 44.4 Å². The van der Waals surface area contributed by atoms with Crippen LogP contribution < -0.4 is 10.6 Å². The van der Waals surface area contributed by atoms with Crippen molar-refractivity contribution < 1.29 is 18.8 Å². The van der Waals surface area contributed by atoms with Crippen LogP contribution in [0.25, 0.3) is 16.9 Å². The SMILES string of the molecule is Cc1ccc(-c2ccc3nc(NC(=O)[C@@H]4C[C@@H]4F)cn3n2)cc1NC(=O)N1OCC[C@H]1c1ccccc1. The maximum absolute atomic E-state index is 13.2. The maximum Gasteiger partial charge on any atom is 0.346 e. The molecular formula is C27H25FN6O3. The minimum Gasteiger partial charge on any atom is -0.309 e. The van der Waals surface area contributed by atoms with E-state index in [0.29, 0.717) is 29.5 Å². The van der Waals surface area contributed by atoms with Gasteiger partial charge in [0.25, 0.3) is 0 Å². The number of hydroxylamine groups is 2. The Hall–Kier alpha value is -4.31. The molecule has 0 spiro atoms. The van der Waals surface area contributed by atoms with Crippen molar-refractivity contribution in [3.8, 4) is 11.3 Å². The van der Waals surface area contributed by atoms with Crippen molar-refractivity contribution >= 4 is 29.1 Å². The molecule has 0 unspecified atom stereocenters. The molecule has 2 fully saturated rings. The van der Waals surface area contributed by atoms with Gasteiger partial charge in [-0.1, -0.05) is 42.5 Å². The third-order valence-corrected chi connectivity index (χ3v) is 6.68. The third kappa shape index (κ3) is 4.63. The second-order valence-corrected chi connectivity index (χ2v) is 9.33. The van der Waals surface area contributed by atoms with Crippen LogP contribution in [-0.2, 0) is 9.63 Å². The number of nitrogens with zero attached hydrogens (tertiary/aromatic N) is 4. The van der Waals surface area contributed by atoms with Gasteiger partial charge in [0.2, 0.25) is 5.91 Å². The number of imidazole rings is 1. The van der Waals surface area contributed by atoms with E-state index in [2.05, 4.69) is 20.7 Å². The number of hydrogen-bond donors (Lipinski definition) is 2. The number of anilines is 2. The highest BCUT2D eigenvalue weighted by atomic mass is 19.1. The number of rotatable bonds is 5. The van der Waals surface area contributed by atoms with Crippen LogP contribution in [0.1, 0.15) is 30.0 Å². The fourth-order valence-electron chi connectivity index (χ4n) is 4.48. The van der Waals surface area contributed by atoms with Gasteiger partial charge in [0, 0.05) is 17.7 Å². The van der Waals surface area contributed by atoms with Crippen LogP contribution in [0.15, 0.2) is 66.9 Å². The normalized spacial score (nSPS) is 20.7. The summed E-state index contributed by atoms with van der Waals surface area (Å²) >= 11 is 0. The second kappa shape index (κ2) is 9.29. The van der Waals surface area contributed by atoms with Crippen molar-refractivity contribution in [1.29, 1.82) is 0 Å². The topological polar surface area (TPSA) is 101 Å². The quantitative estimate of drug-likeness (QED) is 0.406. The number of alkyl halides is 1. The molecule has 1 aliphatic carbocycles. The molecule has 9 nitrogen and oxygen atoms in total. The second-order valence-electron chi connectivity index (χ2n) is 9.33. The number of urea groups is 1. The van der Waals surface area contributed by atoms with E-state index < -0.39 is 12.1 Å². The molecule has 3 amide bonds. The molecule has 4 aromatic rings. The van der Waals surface area contributed by atoms with Gasteiger partial charge in [-0.3, -0.25) is 9.63 Å². The molecule has 37 heavy (non-hydrogen) atoms. The first-order valence-electron chi connectivity index (χ1n) is 12.2. The highest BCUT2D eigenvalue weighted by molar-refractivity contribution is 5.94. The Morgan fingerprint density at radius 3 is 2.68 bits per heavy atom. The first-order chi connectivity index (χ1) is 18.0. The smallest absolute Gasteiger partial charge is 0.309 e. The molecule has 3 atom stereocenters. The van der Waals surface area contributed by atoms with E-state index in [1.54, 1.807) is 16.8 Å². The molecule has 3 heterocycles. The summed E-state index contributed by atoms with van der Waals surface area (Å²) in [6.07, 6.45) is 1.50. The molecule has 188 valence electrons. The van der Waals surface area contributed by atoms with Gasteiger partial charge in [-0.2, -0.15) is 10.2 Å². The number of nitrogens with one attached hydrogen (secondary N) is 2. The Morgan fingerprint density at radius 1 is 1.08 bits per heavy atom. The molecule has 2 N–H and O–H groups in total. The van der Waals surface area contributed by atoms with Crippen molar-refractivity contribution in [2.45, 2.75) is 32.0 Å². The van der Waals surface area contributed by atoms with Crippen molar-refractivity contribution in [3.63, 3.8) is 0 Å². The van der Waals surface area contributed by atoms with Gasteiger partial charge < -0.3 is 10.6 Å². The first-order valence-corrected chi connectivity index (χ1v) is 12.2. The summed E-state index contributed by atoms with van der Waals surface area (Å²) < 4.78 is 14.7. The van der Waals surface area contributed by atoms with Gasteiger partial charge >= 0.3 is 6.03 Å². The number of aromatic nitrogens is 3. The molecule has 0 bridgehead atoms. The first kappa shape index (κ1) is 23.1. The molecule has 1 saturated heterocycles. The summed E-state index contributed by atoms with van der Waals surface area (Å²) in [6, 6.07) is 18.6. The molecule has 2 aromatic heterocycles. The van der Waals surface area contributed by atoms with E-state index >= 15 is 0 Å². The number of fused-ring (bicyclic) bond motifs is 1. The van der Waals surface area contributed by atoms with Crippen LogP contribution in [0.5, 0.6) is 0 Å². The Morgan fingerprint density at radius 2 is 1.89 bits per heavy atom. The molecule has 2 aliphatic rings. The lowest BCUT2D eigenvalue weighted by Gasteiger charge is -2.23. The van der Waals surface area contributed by atoms with Crippen molar-refractivity contribution in [3.05, 3.63) is 78.0 Å². The van der Waals surface area contributed by atoms with Crippen LogP contribution in [0, 0.1) is 12.8 Å². The number of carbonyl (C=O) groups excluding carboxylic acids is 2. The number of hydrogen-bond acceptors (Lipinski definition) is 5. The third-order valence-electron chi connectivity index (χ3n) is 6.68. The summed E-state index contributed by atoms with van der Waals surface area (Å²) in [5.41, 5.74) is 4.57. The molecule has 2 aromatic carbocycles. The molecule has 1 saturated carbocycles. The summed E-state index contributed by atoms with van der Waals surface area (Å²) in [5.74, 6) is -0.640. The van der Waals surface area contributed by atoms with E-state index in [9.17, 15) is 14.0 Å². The zero-order valence-corrected chi connectivity index (χ0v) is 20.1. The zero-order valence-electron chi connectivity index (χ0n) is 20.1. The number of carbonyl (C=O) groups is 2. The summed E-state index contributed by atoms with van der Waals surface area (Å²) in [6.45, 7) is 2.39. The fourth-order valence-corrected chi connectivity index (χ4v) is 4.48. The van der Waals surface area contributed by atoms with E-state index in [1.807, 2.05) is 61.5 Å². The Labute approximate surface area is 212 Å². The van der Waals surface area contributed by atoms with E-state index in [-0.39, 0.29) is 24.4 Å². The maximum atomic E-state index is 13.2. The number of halogens is 1. The van der Waals surface area contributed by atoms with Crippen LogP contribution >= 0.6 is 0 Å². The Kier molecular flexibility index (Phi) is 5.80. The van der Waals surface area contributed by atoms with E-state index in [0.717, 1.165) is 23.1 Å². The zero-order chi connectivity index (χ0) is 25.5. The van der Waals surface area contributed by atoms with Crippen LogP contribution in [0.4, 0.5) is 20.7 Å². The number of benzene rings is 2. The lowest BCUT2D eigenvalue weighted by Crippen LogP contribution is -2.33.